The van der Waals surface area contributed by atoms with Crippen molar-refractivity contribution in [3.63, 3.8) is 0 Å². The molecule has 1 rings (SSSR count). The highest BCUT2D eigenvalue weighted by atomic mass is 16.7. The summed E-state index contributed by atoms with van der Waals surface area (Å²) < 4.78 is 11.1. The third kappa shape index (κ3) is 19.9. The van der Waals surface area contributed by atoms with Gasteiger partial charge in [-0.05, 0) is 57.8 Å². The molecular formula is C37H67NO8. The molecule has 1 fully saturated rings. The third-order valence-corrected chi connectivity index (χ3v) is 8.44. The molecule has 0 saturated carbocycles. The Morgan fingerprint density at radius 3 is 1.87 bits per heavy atom. The van der Waals surface area contributed by atoms with Crippen LogP contribution in [0.5, 0.6) is 0 Å². The van der Waals surface area contributed by atoms with Gasteiger partial charge in [-0.15, -0.1) is 0 Å². The molecule has 1 aliphatic heterocycles. The van der Waals surface area contributed by atoms with E-state index in [1.807, 2.05) is 6.08 Å². The predicted octanol–water partition coefficient (Wildman–Crippen LogP) is 5.77. The topological polar surface area (TPSA) is 149 Å². The van der Waals surface area contributed by atoms with E-state index in [9.17, 15) is 30.3 Å². The first-order valence-electron chi connectivity index (χ1n) is 18.2. The first-order chi connectivity index (χ1) is 22.3. The van der Waals surface area contributed by atoms with Crippen molar-refractivity contribution in [1.82, 2.24) is 5.32 Å². The van der Waals surface area contributed by atoms with Crippen LogP contribution in [0.25, 0.3) is 0 Å². The minimum Gasteiger partial charge on any atom is -0.394 e. The first-order valence-corrected chi connectivity index (χ1v) is 18.2. The minimum atomic E-state index is -1.57. The van der Waals surface area contributed by atoms with Crippen LogP contribution >= 0.6 is 0 Å². The number of rotatable bonds is 28. The number of hydrogen-bond donors (Lipinski definition) is 6. The normalized spacial score (nSPS) is 23.5. The lowest BCUT2D eigenvalue weighted by atomic mass is 9.99. The number of nitrogens with one attached hydrogen (secondary N) is 1. The van der Waals surface area contributed by atoms with E-state index in [1.54, 1.807) is 6.08 Å². The largest absolute Gasteiger partial charge is 0.394 e. The predicted molar refractivity (Wildman–Crippen MR) is 184 cm³/mol. The molecular weight excluding hydrogens is 586 g/mol. The molecule has 1 saturated heterocycles. The highest BCUT2D eigenvalue weighted by Crippen LogP contribution is 2.22. The smallest absolute Gasteiger partial charge is 0.220 e. The number of carbonyl (C=O) groups excluding carboxylic acids is 1. The van der Waals surface area contributed by atoms with Crippen LogP contribution in [-0.4, -0.2) is 87.5 Å². The molecule has 6 N–H and O–H groups in total. The van der Waals surface area contributed by atoms with Crippen LogP contribution in [0, 0.1) is 0 Å². The van der Waals surface area contributed by atoms with E-state index >= 15 is 0 Å². The maximum atomic E-state index is 12.8. The average Bonchev–Trinajstić information content (AvgIpc) is 3.05. The number of carbonyl (C=O) groups is 1. The Balaban J connectivity index is 2.49. The molecule has 0 aromatic heterocycles. The van der Waals surface area contributed by atoms with E-state index < -0.39 is 49.5 Å². The van der Waals surface area contributed by atoms with Gasteiger partial charge in [-0.25, -0.2) is 0 Å². The van der Waals surface area contributed by atoms with E-state index in [0.717, 1.165) is 57.8 Å². The molecule has 7 atom stereocenters. The van der Waals surface area contributed by atoms with Crippen molar-refractivity contribution >= 4 is 5.91 Å². The van der Waals surface area contributed by atoms with Gasteiger partial charge in [0.15, 0.2) is 6.29 Å². The Bertz CT molecular complexity index is 817. The molecule has 9 heteroatoms. The van der Waals surface area contributed by atoms with Gasteiger partial charge < -0.3 is 40.3 Å². The molecule has 0 aliphatic carbocycles. The highest BCUT2D eigenvalue weighted by molar-refractivity contribution is 5.76. The summed E-state index contributed by atoms with van der Waals surface area (Å²) in [5.41, 5.74) is 0. The molecule has 0 aromatic carbocycles. The van der Waals surface area contributed by atoms with Crippen molar-refractivity contribution in [1.29, 1.82) is 0 Å². The highest BCUT2D eigenvalue weighted by Gasteiger charge is 2.44. The van der Waals surface area contributed by atoms with E-state index in [0.29, 0.717) is 6.42 Å². The zero-order valence-corrected chi connectivity index (χ0v) is 28.8. The maximum absolute atomic E-state index is 12.8. The van der Waals surface area contributed by atoms with Gasteiger partial charge in [0.25, 0.3) is 0 Å². The molecule has 9 nitrogen and oxygen atoms in total. The van der Waals surface area contributed by atoms with Gasteiger partial charge in [-0.1, -0.05) is 108 Å². The lowest BCUT2D eigenvalue weighted by molar-refractivity contribution is -0.302. The van der Waals surface area contributed by atoms with Crippen LogP contribution in [0.2, 0.25) is 0 Å². The Hall–Kier alpha value is -1.59. The molecule has 0 spiro atoms. The first kappa shape index (κ1) is 42.4. The standard InChI is InChI=1S/C37H67NO8/c1-3-5-7-9-11-13-14-15-16-17-19-21-23-25-27-33(41)38-30(31(40)26-24-22-20-18-12-10-8-6-4-2)29-45-37-36(44)35(43)34(42)32(28-39)46-37/h12,14-15,18,24,26,30-32,34-37,39-40,42-44H,3-11,13,16-17,19-23,25,27-29H2,1-2H3,(H,38,41)/b15-14+,18-12+,26-24+/t30-,31+,32-,34-,35?,36?,37-/m0/s1. The molecule has 1 amide bonds. The third-order valence-electron chi connectivity index (χ3n) is 8.44. The SMILES string of the molecule is CCCCC/C=C/CC/C=C/[C@@H](O)[C@H](CO[C@H]1O[C@@H](CO)[C@H](O)C(O)C1O)NC(=O)CCCCCCC/C=C/CCCCCCC. The summed E-state index contributed by atoms with van der Waals surface area (Å²) in [4.78, 5) is 12.8. The molecule has 2 unspecified atom stereocenters. The Labute approximate surface area is 279 Å². The second kappa shape index (κ2) is 28.4. The molecule has 0 bridgehead atoms. The fraction of sp³-hybridized carbons (Fsp3) is 0.811. The number of ether oxygens (including phenoxy) is 2. The van der Waals surface area contributed by atoms with Gasteiger partial charge in [0, 0.05) is 6.42 Å². The van der Waals surface area contributed by atoms with Gasteiger partial charge in [-0.2, -0.15) is 0 Å². The summed E-state index contributed by atoms with van der Waals surface area (Å²) in [6, 6.07) is -0.820. The van der Waals surface area contributed by atoms with Gasteiger partial charge >= 0.3 is 0 Å². The van der Waals surface area contributed by atoms with Gasteiger partial charge in [-0.3, -0.25) is 4.79 Å². The van der Waals surface area contributed by atoms with Crippen molar-refractivity contribution in [3.05, 3.63) is 36.5 Å². The molecule has 0 radical (unpaired) electrons. The summed E-state index contributed by atoms with van der Waals surface area (Å²) in [5, 5.41) is 53.7. The summed E-state index contributed by atoms with van der Waals surface area (Å²) in [5.74, 6) is -0.202. The van der Waals surface area contributed by atoms with Crippen LogP contribution in [0.3, 0.4) is 0 Å². The molecule has 1 aliphatic rings. The molecule has 0 aromatic rings. The van der Waals surface area contributed by atoms with Crippen molar-refractivity contribution in [2.24, 2.45) is 0 Å². The second-order valence-corrected chi connectivity index (χ2v) is 12.6. The minimum absolute atomic E-state index is 0.202. The average molecular weight is 654 g/mol. The van der Waals surface area contributed by atoms with E-state index in [2.05, 4.69) is 43.5 Å². The zero-order chi connectivity index (χ0) is 33.8. The monoisotopic (exact) mass is 653 g/mol. The number of aliphatic hydroxyl groups excluding tert-OH is 5. The van der Waals surface area contributed by atoms with Crippen LogP contribution in [0.15, 0.2) is 36.5 Å². The number of unbranched alkanes of at least 4 members (excludes halogenated alkanes) is 14. The van der Waals surface area contributed by atoms with Crippen LogP contribution in [0.4, 0.5) is 0 Å². The quantitative estimate of drug-likeness (QED) is 0.0461. The lowest BCUT2D eigenvalue weighted by Crippen LogP contribution is -2.60. The van der Waals surface area contributed by atoms with Crippen molar-refractivity contribution < 1.29 is 39.8 Å². The molecule has 46 heavy (non-hydrogen) atoms. The van der Waals surface area contributed by atoms with Crippen molar-refractivity contribution in [3.8, 4) is 0 Å². The van der Waals surface area contributed by atoms with Crippen molar-refractivity contribution in [2.75, 3.05) is 13.2 Å². The van der Waals surface area contributed by atoms with Gasteiger partial charge in [0.1, 0.15) is 24.4 Å². The Kier molecular flexibility index (Phi) is 26.2. The number of allylic oxidation sites excluding steroid dienone is 5. The summed E-state index contributed by atoms with van der Waals surface area (Å²) in [6.07, 6.45) is 24.8. The van der Waals surface area contributed by atoms with Gasteiger partial charge in [0.2, 0.25) is 5.91 Å². The molecule has 1 heterocycles. The Morgan fingerprint density at radius 2 is 1.24 bits per heavy atom. The number of amides is 1. The maximum Gasteiger partial charge on any atom is 0.220 e. The van der Waals surface area contributed by atoms with E-state index in [-0.39, 0.29) is 12.5 Å². The lowest BCUT2D eigenvalue weighted by Gasteiger charge is -2.40. The fourth-order valence-corrected chi connectivity index (χ4v) is 5.40. The Morgan fingerprint density at radius 1 is 0.717 bits per heavy atom. The van der Waals surface area contributed by atoms with Crippen molar-refractivity contribution in [2.45, 2.75) is 179 Å². The van der Waals surface area contributed by atoms with E-state index in [1.165, 1.54) is 57.8 Å². The summed E-state index contributed by atoms with van der Waals surface area (Å²) >= 11 is 0. The van der Waals surface area contributed by atoms with E-state index in [4.69, 9.17) is 9.47 Å². The summed E-state index contributed by atoms with van der Waals surface area (Å²) in [6.45, 7) is 3.65. The number of aliphatic hydroxyl groups is 5. The fourth-order valence-electron chi connectivity index (χ4n) is 5.40. The number of hydrogen-bond acceptors (Lipinski definition) is 8. The molecule has 268 valence electrons. The van der Waals surface area contributed by atoms with Gasteiger partial charge in [0.05, 0.1) is 25.4 Å². The second-order valence-electron chi connectivity index (χ2n) is 12.6. The van der Waals surface area contributed by atoms with Crippen LogP contribution in [-0.2, 0) is 14.3 Å². The van der Waals surface area contributed by atoms with Crippen LogP contribution in [0.1, 0.15) is 136 Å². The van der Waals surface area contributed by atoms with Crippen LogP contribution < -0.4 is 5.32 Å². The summed E-state index contributed by atoms with van der Waals surface area (Å²) in [7, 11) is 0. The zero-order valence-electron chi connectivity index (χ0n) is 28.8.